The number of aryl methyl sites for hydroxylation is 2. The molecule has 0 unspecified atom stereocenters. The molecule has 0 fully saturated rings. The molecule has 0 aliphatic carbocycles. The van der Waals surface area contributed by atoms with Crippen molar-refractivity contribution in [2.45, 2.75) is 84.6 Å². The van der Waals surface area contributed by atoms with Gasteiger partial charge in [-0.25, -0.2) is 4.79 Å². The molecule has 0 amide bonds. The maximum absolute atomic E-state index is 12.2. The van der Waals surface area contributed by atoms with Crippen LogP contribution in [0.25, 0.3) is 11.1 Å². The summed E-state index contributed by atoms with van der Waals surface area (Å²) in [5, 5.41) is 15.0. The van der Waals surface area contributed by atoms with E-state index in [0.29, 0.717) is 5.56 Å². The van der Waals surface area contributed by atoms with Crippen LogP contribution in [0, 0.1) is 0 Å². The Labute approximate surface area is 197 Å². The standard InChI is InChI=1S/C29H36N2O2/c1-5-6-12-25-23(26-13-7-8-18-31(26)30-25)19-20-14-16-21(17-15-20)22-10-9-11-24(29(2,3)4)27(22)28(32)33/h9-11,14-17H,5-8,12-13,18-19H2,1-4H3,(H,32,33). The summed E-state index contributed by atoms with van der Waals surface area (Å²) in [6, 6.07) is 14.3. The van der Waals surface area contributed by atoms with Crippen molar-refractivity contribution in [1.82, 2.24) is 9.78 Å². The molecule has 0 radical (unpaired) electrons. The molecule has 4 rings (SSSR count). The Morgan fingerprint density at radius 1 is 1.09 bits per heavy atom. The molecule has 4 nitrogen and oxygen atoms in total. The van der Waals surface area contributed by atoms with Crippen LogP contribution in [0.3, 0.4) is 0 Å². The smallest absolute Gasteiger partial charge is 0.336 e. The van der Waals surface area contributed by atoms with E-state index < -0.39 is 5.97 Å². The minimum atomic E-state index is -0.869. The highest BCUT2D eigenvalue weighted by molar-refractivity contribution is 5.98. The summed E-state index contributed by atoms with van der Waals surface area (Å²) in [7, 11) is 0. The lowest BCUT2D eigenvalue weighted by molar-refractivity contribution is 0.0695. The molecular weight excluding hydrogens is 408 g/mol. The van der Waals surface area contributed by atoms with Gasteiger partial charge in [0.15, 0.2) is 0 Å². The average molecular weight is 445 g/mol. The maximum atomic E-state index is 12.2. The van der Waals surface area contributed by atoms with Crippen molar-refractivity contribution in [1.29, 1.82) is 0 Å². The Bertz CT molecular complexity index is 1130. The summed E-state index contributed by atoms with van der Waals surface area (Å²) < 4.78 is 2.25. The first-order valence-electron chi connectivity index (χ1n) is 12.3. The van der Waals surface area contributed by atoms with Crippen LogP contribution in [0.5, 0.6) is 0 Å². The molecular formula is C29H36N2O2. The summed E-state index contributed by atoms with van der Waals surface area (Å²) in [6.07, 6.45) is 7.87. The molecule has 0 bridgehead atoms. The van der Waals surface area contributed by atoms with Gasteiger partial charge in [0.25, 0.3) is 0 Å². The second-order valence-electron chi connectivity index (χ2n) is 10.3. The molecule has 2 aromatic carbocycles. The molecule has 1 aromatic heterocycles. The number of aromatic nitrogens is 2. The van der Waals surface area contributed by atoms with Crippen molar-refractivity contribution in [2.24, 2.45) is 0 Å². The third-order valence-electron chi connectivity index (χ3n) is 6.78. The fourth-order valence-corrected chi connectivity index (χ4v) is 5.01. The van der Waals surface area contributed by atoms with Crippen LogP contribution >= 0.6 is 0 Å². The van der Waals surface area contributed by atoms with Crippen molar-refractivity contribution in [2.75, 3.05) is 0 Å². The Kier molecular flexibility index (Phi) is 6.73. The number of fused-ring (bicyclic) bond motifs is 1. The summed E-state index contributed by atoms with van der Waals surface area (Å²) in [5.41, 5.74) is 8.12. The van der Waals surface area contributed by atoms with Crippen LogP contribution in [-0.2, 0) is 31.2 Å². The minimum Gasteiger partial charge on any atom is -0.478 e. The van der Waals surface area contributed by atoms with Crippen LogP contribution in [0.2, 0.25) is 0 Å². The van der Waals surface area contributed by atoms with Gasteiger partial charge in [0.1, 0.15) is 0 Å². The summed E-state index contributed by atoms with van der Waals surface area (Å²) >= 11 is 0. The molecule has 4 heteroatoms. The second kappa shape index (κ2) is 9.54. The number of aromatic carboxylic acids is 1. The molecule has 1 aliphatic heterocycles. The van der Waals surface area contributed by atoms with E-state index >= 15 is 0 Å². The first kappa shape index (κ1) is 23.3. The van der Waals surface area contributed by atoms with Gasteiger partial charge in [-0.05, 0) is 59.8 Å². The van der Waals surface area contributed by atoms with E-state index in [1.807, 2.05) is 18.2 Å². The van der Waals surface area contributed by atoms with Gasteiger partial charge in [0, 0.05) is 24.2 Å². The average Bonchev–Trinajstić information content (AvgIpc) is 3.14. The van der Waals surface area contributed by atoms with E-state index in [1.165, 1.54) is 48.2 Å². The van der Waals surface area contributed by atoms with E-state index in [1.54, 1.807) is 0 Å². The Morgan fingerprint density at radius 3 is 2.52 bits per heavy atom. The van der Waals surface area contributed by atoms with Gasteiger partial charge in [0.05, 0.1) is 11.3 Å². The van der Waals surface area contributed by atoms with Crippen molar-refractivity contribution in [3.63, 3.8) is 0 Å². The lowest BCUT2D eigenvalue weighted by atomic mass is 9.81. The van der Waals surface area contributed by atoms with Crippen LogP contribution in [0.4, 0.5) is 0 Å². The Hall–Kier alpha value is -2.88. The first-order valence-corrected chi connectivity index (χ1v) is 12.3. The number of unbranched alkanes of at least 4 members (excludes halogenated alkanes) is 1. The fraction of sp³-hybridized carbons (Fsp3) is 0.448. The normalized spacial score (nSPS) is 13.7. The number of carboxylic acid groups (broad SMARTS) is 1. The van der Waals surface area contributed by atoms with Gasteiger partial charge >= 0.3 is 5.97 Å². The molecule has 3 aromatic rings. The summed E-state index contributed by atoms with van der Waals surface area (Å²) in [4.78, 5) is 12.2. The van der Waals surface area contributed by atoms with Gasteiger partial charge in [-0.15, -0.1) is 0 Å². The van der Waals surface area contributed by atoms with Crippen LogP contribution in [0.1, 0.15) is 91.8 Å². The molecule has 1 N–H and O–H groups in total. The molecule has 2 heterocycles. The lowest BCUT2D eigenvalue weighted by Crippen LogP contribution is -2.17. The minimum absolute atomic E-state index is 0.236. The number of carboxylic acids is 1. The Morgan fingerprint density at radius 2 is 1.85 bits per heavy atom. The molecule has 0 saturated carbocycles. The molecule has 0 saturated heterocycles. The topological polar surface area (TPSA) is 55.1 Å². The molecule has 0 atom stereocenters. The Balaban J connectivity index is 1.66. The van der Waals surface area contributed by atoms with E-state index in [4.69, 9.17) is 5.10 Å². The zero-order valence-electron chi connectivity index (χ0n) is 20.4. The third kappa shape index (κ3) is 4.90. The van der Waals surface area contributed by atoms with Gasteiger partial charge in [-0.3, -0.25) is 4.68 Å². The highest BCUT2D eigenvalue weighted by atomic mass is 16.4. The zero-order valence-corrected chi connectivity index (χ0v) is 20.4. The summed E-state index contributed by atoms with van der Waals surface area (Å²) in [6.45, 7) is 9.45. The molecule has 1 aliphatic rings. The molecule has 33 heavy (non-hydrogen) atoms. The maximum Gasteiger partial charge on any atom is 0.336 e. The predicted octanol–water partition coefficient (Wildman–Crippen LogP) is 6.82. The monoisotopic (exact) mass is 444 g/mol. The van der Waals surface area contributed by atoms with Crippen LogP contribution in [-0.4, -0.2) is 20.9 Å². The van der Waals surface area contributed by atoms with E-state index in [-0.39, 0.29) is 5.41 Å². The van der Waals surface area contributed by atoms with E-state index in [9.17, 15) is 9.90 Å². The van der Waals surface area contributed by atoms with E-state index in [0.717, 1.165) is 42.5 Å². The van der Waals surface area contributed by atoms with Crippen molar-refractivity contribution in [3.8, 4) is 11.1 Å². The number of rotatable bonds is 7. The second-order valence-corrected chi connectivity index (χ2v) is 10.3. The van der Waals surface area contributed by atoms with Crippen molar-refractivity contribution < 1.29 is 9.90 Å². The van der Waals surface area contributed by atoms with Gasteiger partial charge < -0.3 is 5.11 Å². The van der Waals surface area contributed by atoms with Gasteiger partial charge in [-0.2, -0.15) is 5.10 Å². The highest BCUT2D eigenvalue weighted by Gasteiger charge is 2.25. The lowest BCUT2D eigenvalue weighted by Gasteiger charge is -2.23. The van der Waals surface area contributed by atoms with Gasteiger partial charge in [-0.1, -0.05) is 76.6 Å². The van der Waals surface area contributed by atoms with Crippen LogP contribution < -0.4 is 0 Å². The third-order valence-corrected chi connectivity index (χ3v) is 6.78. The number of nitrogens with zero attached hydrogens (tertiary/aromatic N) is 2. The number of carbonyl (C=O) groups is 1. The highest BCUT2D eigenvalue weighted by Crippen LogP contribution is 2.34. The number of benzene rings is 2. The first-order chi connectivity index (χ1) is 15.8. The zero-order chi connectivity index (χ0) is 23.6. The fourth-order valence-electron chi connectivity index (χ4n) is 5.01. The quantitative estimate of drug-likeness (QED) is 0.435. The number of hydrogen-bond donors (Lipinski definition) is 1. The largest absolute Gasteiger partial charge is 0.478 e. The van der Waals surface area contributed by atoms with Gasteiger partial charge in [0.2, 0.25) is 0 Å². The number of hydrogen-bond acceptors (Lipinski definition) is 2. The molecule has 0 spiro atoms. The van der Waals surface area contributed by atoms with E-state index in [2.05, 4.69) is 56.6 Å². The predicted molar refractivity (Wildman–Crippen MR) is 134 cm³/mol. The molecule has 174 valence electrons. The van der Waals surface area contributed by atoms with Crippen molar-refractivity contribution in [3.05, 3.63) is 76.1 Å². The van der Waals surface area contributed by atoms with Crippen LogP contribution in [0.15, 0.2) is 42.5 Å². The summed E-state index contributed by atoms with van der Waals surface area (Å²) in [5.74, 6) is -0.869. The van der Waals surface area contributed by atoms with Crippen molar-refractivity contribution >= 4 is 5.97 Å². The SMILES string of the molecule is CCCCc1nn2c(c1Cc1ccc(-c3cccc(C(C)(C)C)c3C(=O)O)cc1)CCCC2.